The summed E-state index contributed by atoms with van der Waals surface area (Å²) in [7, 11) is 0. The Bertz CT molecular complexity index is 505. The molecule has 0 atom stereocenters. The molecule has 0 aliphatic heterocycles. The number of halogens is 1. The zero-order valence-electron chi connectivity index (χ0n) is 10.1. The van der Waals surface area contributed by atoms with Crippen molar-refractivity contribution in [3.05, 3.63) is 41.2 Å². The molecule has 0 radical (unpaired) electrons. The van der Waals surface area contributed by atoms with Crippen LogP contribution in [-0.4, -0.2) is 9.55 Å². The fourth-order valence-corrected chi connectivity index (χ4v) is 1.98. The predicted octanol–water partition coefficient (Wildman–Crippen LogP) is 4.00. The third-order valence-electron chi connectivity index (χ3n) is 2.55. The highest BCUT2D eigenvalue weighted by Crippen LogP contribution is 2.25. The Labute approximate surface area is 106 Å². The number of nitrogens with zero attached hydrogens (tertiary/aromatic N) is 2. The summed E-state index contributed by atoms with van der Waals surface area (Å²) in [6, 6.07) is 5.95. The molecule has 0 saturated carbocycles. The van der Waals surface area contributed by atoms with Crippen LogP contribution in [-0.2, 0) is 6.54 Å². The topological polar surface area (TPSA) is 29.9 Å². The highest BCUT2D eigenvalue weighted by Gasteiger charge is 2.05. The van der Waals surface area contributed by atoms with Gasteiger partial charge in [-0.15, -0.1) is 0 Å². The molecule has 0 unspecified atom stereocenters. The fourth-order valence-electron chi connectivity index (χ4n) is 1.70. The summed E-state index contributed by atoms with van der Waals surface area (Å²) in [5.74, 6) is 0.831. The normalized spacial score (nSPS) is 10.5. The lowest BCUT2D eigenvalue weighted by Gasteiger charge is -2.10. The predicted molar refractivity (Wildman–Crippen MR) is 72.0 cm³/mol. The summed E-state index contributed by atoms with van der Waals surface area (Å²) in [5, 5.41) is 3.97. The Morgan fingerprint density at radius 3 is 2.94 bits per heavy atom. The lowest BCUT2D eigenvalue weighted by atomic mass is 10.2. The van der Waals surface area contributed by atoms with Crippen molar-refractivity contribution < 1.29 is 0 Å². The number of nitrogens with one attached hydrogen (secondary N) is 1. The molecule has 1 heterocycles. The number of hydrogen-bond donors (Lipinski definition) is 1. The van der Waals surface area contributed by atoms with Crippen LogP contribution in [0.15, 0.2) is 30.6 Å². The number of benzene rings is 1. The van der Waals surface area contributed by atoms with E-state index in [1.807, 2.05) is 31.3 Å². The van der Waals surface area contributed by atoms with Gasteiger partial charge < -0.3 is 9.88 Å². The number of aryl methyl sites for hydroxylation is 2. The van der Waals surface area contributed by atoms with Gasteiger partial charge in [-0.05, 0) is 31.0 Å². The molecule has 4 heteroatoms. The van der Waals surface area contributed by atoms with E-state index in [1.54, 1.807) is 6.20 Å². The quantitative estimate of drug-likeness (QED) is 0.888. The van der Waals surface area contributed by atoms with Gasteiger partial charge >= 0.3 is 0 Å². The first-order chi connectivity index (χ1) is 8.20. The summed E-state index contributed by atoms with van der Waals surface area (Å²) in [4.78, 5) is 4.29. The van der Waals surface area contributed by atoms with E-state index >= 15 is 0 Å². The van der Waals surface area contributed by atoms with Crippen molar-refractivity contribution in [2.75, 3.05) is 5.32 Å². The van der Waals surface area contributed by atoms with Crippen molar-refractivity contribution in [3.63, 3.8) is 0 Å². The second-order valence-electron chi connectivity index (χ2n) is 4.05. The van der Waals surface area contributed by atoms with Gasteiger partial charge in [0.25, 0.3) is 0 Å². The smallest absolute Gasteiger partial charge is 0.207 e. The number of rotatable bonds is 4. The molecule has 0 saturated heterocycles. The summed E-state index contributed by atoms with van der Waals surface area (Å²) >= 11 is 6.18. The molecule has 0 bridgehead atoms. The van der Waals surface area contributed by atoms with Crippen LogP contribution in [0.2, 0.25) is 5.02 Å². The minimum absolute atomic E-state index is 0.719. The van der Waals surface area contributed by atoms with Gasteiger partial charge in [-0.1, -0.05) is 24.6 Å². The monoisotopic (exact) mass is 249 g/mol. The molecule has 17 heavy (non-hydrogen) atoms. The van der Waals surface area contributed by atoms with E-state index in [2.05, 4.69) is 21.8 Å². The average molecular weight is 250 g/mol. The van der Waals surface area contributed by atoms with Crippen LogP contribution < -0.4 is 5.32 Å². The van der Waals surface area contributed by atoms with Crippen LogP contribution >= 0.6 is 11.6 Å². The summed E-state index contributed by atoms with van der Waals surface area (Å²) in [6.07, 6.45) is 4.83. The van der Waals surface area contributed by atoms with E-state index in [1.165, 1.54) is 0 Å². The fraction of sp³-hybridized carbons (Fsp3) is 0.308. The molecule has 0 spiro atoms. The highest BCUT2D eigenvalue weighted by molar-refractivity contribution is 6.33. The number of hydrogen-bond acceptors (Lipinski definition) is 2. The van der Waals surface area contributed by atoms with Gasteiger partial charge in [-0.2, -0.15) is 0 Å². The zero-order valence-corrected chi connectivity index (χ0v) is 10.8. The third kappa shape index (κ3) is 2.80. The number of imidazole rings is 1. The lowest BCUT2D eigenvalue weighted by Crippen LogP contribution is -2.03. The zero-order chi connectivity index (χ0) is 12.3. The van der Waals surface area contributed by atoms with Crippen molar-refractivity contribution in [1.29, 1.82) is 0 Å². The van der Waals surface area contributed by atoms with Gasteiger partial charge in [0.2, 0.25) is 5.95 Å². The SMILES string of the molecule is CCCn1ccnc1Nc1ccc(C)cc1Cl. The van der Waals surface area contributed by atoms with Gasteiger partial charge in [0, 0.05) is 18.9 Å². The van der Waals surface area contributed by atoms with Crippen molar-refractivity contribution in [3.8, 4) is 0 Å². The molecule has 3 nitrogen and oxygen atoms in total. The van der Waals surface area contributed by atoms with Gasteiger partial charge in [0.1, 0.15) is 0 Å². The van der Waals surface area contributed by atoms with Crippen LogP contribution in [0.1, 0.15) is 18.9 Å². The first-order valence-corrected chi connectivity index (χ1v) is 6.13. The second-order valence-corrected chi connectivity index (χ2v) is 4.46. The third-order valence-corrected chi connectivity index (χ3v) is 2.86. The standard InChI is InChI=1S/C13H16ClN3/c1-3-7-17-8-6-15-13(17)16-12-5-4-10(2)9-11(12)14/h4-6,8-9H,3,7H2,1-2H3,(H,15,16). The molecule has 1 aromatic carbocycles. The Morgan fingerprint density at radius 1 is 1.41 bits per heavy atom. The molecular weight excluding hydrogens is 234 g/mol. The van der Waals surface area contributed by atoms with E-state index in [-0.39, 0.29) is 0 Å². The second kappa shape index (κ2) is 5.23. The van der Waals surface area contributed by atoms with Crippen LogP contribution in [0.3, 0.4) is 0 Å². The highest BCUT2D eigenvalue weighted by atomic mass is 35.5. The minimum Gasteiger partial charge on any atom is -0.324 e. The van der Waals surface area contributed by atoms with Gasteiger partial charge in [0.05, 0.1) is 10.7 Å². The first-order valence-electron chi connectivity index (χ1n) is 5.75. The van der Waals surface area contributed by atoms with Gasteiger partial charge in [-0.3, -0.25) is 0 Å². The van der Waals surface area contributed by atoms with E-state index in [0.717, 1.165) is 35.2 Å². The summed E-state index contributed by atoms with van der Waals surface area (Å²) < 4.78 is 2.08. The maximum atomic E-state index is 6.18. The van der Waals surface area contributed by atoms with E-state index < -0.39 is 0 Å². The van der Waals surface area contributed by atoms with E-state index in [9.17, 15) is 0 Å². The number of anilines is 2. The van der Waals surface area contributed by atoms with Crippen molar-refractivity contribution in [2.45, 2.75) is 26.8 Å². The Balaban J connectivity index is 2.22. The van der Waals surface area contributed by atoms with Crippen molar-refractivity contribution in [1.82, 2.24) is 9.55 Å². The van der Waals surface area contributed by atoms with Gasteiger partial charge in [0.15, 0.2) is 0 Å². The molecule has 90 valence electrons. The Hall–Kier alpha value is -1.48. The Morgan fingerprint density at radius 2 is 2.24 bits per heavy atom. The minimum atomic E-state index is 0.719. The number of aromatic nitrogens is 2. The summed E-state index contributed by atoms with van der Waals surface area (Å²) in [5.41, 5.74) is 2.04. The molecule has 2 rings (SSSR count). The molecule has 1 aromatic heterocycles. The molecular formula is C13H16ClN3. The molecule has 1 N–H and O–H groups in total. The molecule has 2 aromatic rings. The average Bonchev–Trinajstić information content (AvgIpc) is 2.71. The van der Waals surface area contributed by atoms with Crippen molar-refractivity contribution in [2.24, 2.45) is 0 Å². The molecule has 0 aliphatic carbocycles. The van der Waals surface area contributed by atoms with Crippen LogP contribution in [0.4, 0.5) is 11.6 Å². The van der Waals surface area contributed by atoms with E-state index in [0.29, 0.717) is 0 Å². The van der Waals surface area contributed by atoms with Crippen LogP contribution in [0, 0.1) is 6.92 Å². The maximum Gasteiger partial charge on any atom is 0.207 e. The van der Waals surface area contributed by atoms with Gasteiger partial charge in [-0.25, -0.2) is 4.98 Å². The first kappa shape index (κ1) is 12.0. The molecule has 0 amide bonds. The molecule has 0 fully saturated rings. The maximum absolute atomic E-state index is 6.18. The van der Waals surface area contributed by atoms with Crippen LogP contribution in [0.25, 0.3) is 0 Å². The van der Waals surface area contributed by atoms with Crippen molar-refractivity contribution >= 4 is 23.2 Å². The van der Waals surface area contributed by atoms with E-state index in [4.69, 9.17) is 11.6 Å². The lowest BCUT2D eigenvalue weighted by molar-refractivity contribution is 0.686. The summed E-state index contributed by atoms with van der Waals surface area (Å²) in [6.45, 7) is 5.11. The van der Waals surface area contributed by atoms with Crippen LogP contribution in [0.5, 0.6) is 0 Å². The largest absolute Gasteiger partial charge is 0.324 e. The molecule has 0 aliphatic rings. The Kier molecular flexibility index (Phi) is 3.69.